The molecule has 0 unspecified atom stereocenters. The molecule has 6 heteroatoms. The zero-order chi connectivity index (χ0) is 18.9. The second kappa shape index (κ2) is 9.97. The first-order chi connectivity index (χ1) is 12.6. The molecule has 1 amide bonds. The van der Waals surface area contributed by atoms with Gasteiger partial charge in [0, 0.05) is 16.1 Å². The van der Waals surface area contributed by atoms with Crippen molar-refractivity contribution in [1.29, 1.82) is 0 Å². The lowest BCUT2D eigenvalue weighted by Gasteiger charge is -2.17. The third-order valence-corrected chi connectivity index (χ3v) is 4.26. The Kier molecular flexibility index (Phi) is 7.66. The van der Waals surface area contributed by atoms with Crippen LogP contribution in [0, 0.1) is 0 Å². The minimum atomic E-state index is -0.230. The lowest BCUT2D eigenvalue weighted by atomic mass is 10.1. The Bertz CT molecular complexity index is 704. The van der Waals surface area contributed by atoms with Gasteiger partial charge in [0.25, 0.3) is 5.91 Å². The molecule has 0 aliphatic rings. The van der Waals surface area contributed by atoms with E-state index in [9.17, 15) is 4.79 Å². The van der Waals surface area contributed by atoms with E-state index in [1.165, 1.54) is 0 Å². The lowest BCUT2D eigenvalue weighted by molar-refractivity contribution is 0.102. The molecule has 0 saturated carbocycles. The highest BCUT2D eigenvalue weighted by molar-refractivity contribution is 7.98. The van der Waals surface area contributed by atoms with Crippen LogP contribution in [0.5, 0.6) is 17.2 Å². The molecule has 2 aromatic rings. The van der Waals surface area contributed by atoms with Crippen molar-refractivity contribution in [2.75, 3.05) is 31.4 Å². The molecule has 0 aliphatic carbocycles. The molecule has 2 rings (SSSR count). The van der Waals surface area contributed by atoms with Crippen molar-refractivity contribution in [3.63, 3.8) is 0 Å². The van der Waals surface area contributed by atoms with Crippen molar-refractivity contribution in [1.82, 2.24) is 0 Å². The first-order valence-corrected chi connectivity index (χ1v) is 9.87. The molecule has 26 heavy (non-hydrogen) atoms. The van der Waals surface area contributed by atoms with Gasteiger partial charge in [-0.25, -0.2) is 0 Å². The Morgan fingerprint density at radius 2 is 1.46 bits per heavy atom. The number of carbonyl (C=O) groups is 1. The third kappa shape index (κ3) is 5.08. The summed E-state index contributed by atoms with van der Waals surface area (Å²) in [5.41, 5.74) is 1.19. The molecule has 2 aromatic carbocycles. The number of amides is 1. The summed E-state index contributed by atoms with van der Waals surface area (Å²) in [5.74, 6) is 1.30. The number of carbonyl (C=O) groups excluding carboxylic acids is 1. The fourth-order valence-corrected chi connectivity index (χ4v) is 2.81. The van der Waals surface area contributed by atoms with Crippen LogP contribution < -0.4 is 19.5 Å². The van der Waals surface area contributed by atoms with Gasteiger partial charge in [0.2, 0.25) is 5.75 Å². The smallest absolute Gasteiger partial charge is 0.255 e. The summed E-state index contributed by atoms with van der Waals surface area (Å²) in [6.45, 7) is 7.07. The monoisotopic (exact) mass is 375 g/mol. The molecule has 140 valence electrons. The number of anilines is 1. The number of ether oxygens (including phenoxy) is 3. The van der Waals surface area contributed by atoms with Crippen LogP contribution in [0.2, 0.25) is 0 Å². The van der Waals surface area contributed by atoms with Gasteiger partial charge >= 0.3 is 0 Å². The van der Waals surface area contributed by atoms with Gasteiger partial charge in [0.05, 0.1) is 19.8 Å². The highest BCUT2D eigenvalue weighted by atomic mass is 32.2. The first kappa shape index (κ1) is 20.0. The maximum absolute atomic E-state index is 12.7. The quantitative estimate of drug-likeness (QED) is 0.635. The van der Waals surface area contributed by atoms with Gasteiger partial charge in [-0.2, -0.15) is 0 Å². The van der Waals surface area contributed by atoms with Crippen LogP contribution in [-0.2, 0) is 0 Å². The van der Waals surface area contributed by atoms with E-state index in [0.717, 1.165) is 10.6 Å². The average molecular weight is 375 g/mol. The van der Waals surface area contributed by atoms with E-state index < -0.39 is 0 Å². The second-order valence-corrected chi connectivity index (χ2v) is 6.16. The fraction of sp³-hybridized carbons (Fsp3) is 0.350. The number of rotatable bonds is 9. The minimum absolute atomic E-state index is 0.230. The Morgan fingerprint density at radius 3 is 1.92 bits per heavy atom. The molecule has 0 heterocycles. The molecule has 1 N–H and O–H groups in total. The van der Waals surface area contributed by atoms with Crippen molar-refractivity contribution >= 4 is 23.4 Å². The summed E-state index contributed by atoms with van der Waals surface area (Å²) >= 11 is 1.65. The summed E-state index contributed by atoms with van der Waals surface area (Å²) in [4.78, 5) is 13.8. The number of hydrogen-bond acceptors (Lipinski definition) is 5. The average Bonchev–Trinajstić information content (AvgIpc) is 2.65. The van der Waals surface area contributed by atoms with Gasteiger partial charge in [-0.1, -0.05) is 0 Å². The van der Waals surface area contributed by atoms with Crippen LogP contribution in [0.15, 0.2) is 41.3 Å². The Hall–Kier alpha value is -2.34. The number of benzene rings is 2. The molecule has 5 nitrogen and oxygen atoms in total. The van der Waals surface area contributed by atoms with Crippen molar-refractivity contribution in [3.05, 3.63) is 42.0 Å². The Balaban J connectivity index is 2.32. The van der Waals surface area contributed by atoms with E-state index in [4.69, 9.17) is 14.2 Å². The Morgan fingerprint density at radius 1 is 0.923 bits per heavy atom. The summed E-state index contributed by atoms with van der Waals surface area (Å²) in [6, 6.07) is 11.1. The maximum Gasteiger partial charge on any atom is 0.255 e. The van der Waals surface area contributed by atoms with Crippen molar-refractivity contribution in [3.8, 4) is 17.2 Å². The van der Waals surface area contributed by atoms with Gasteiger partial charge in [-0.05, 0) is 63.4 Å². The molecule has 0 bridgehead atoms. The Labute approximate surface area is 159 Å². The molecule has 0 aromatic heterocycles. The standard InChI is InChI=1S/C20H25NO4S/c1-5-23-17-12-14(13-18(24-6-2)19(17)25-7-3)20(22)21-15-8-10-16(26-4)11-9-15/h8-13H,5-7H2,1-4H3,(H,21,22). The molecular weight excluding hydrogens is 350 g/mol. The highest BCUT2D eigenvalue weighted by Crippen LogP contribution is 2.39. The van der Waals surface area contributed by atoms with Crippen molar-refractivity contribution < 1.29 is 19.0 Å². The molecule has 0 radical (unpaired) electrons. The first-order valence-electron chi connectivity index (χ1n) is 8.64. The molecule has 0 spiro atoms. The third-order valence-electron chi connectivity index (χ3n) is 3.52. The maximum atomic E-state index is 12.7. The van der Waals surface area contributed by atoms with E-state index >= 15 is 0 Å². The van der Waals surface area contributed by atoms with Gasteiger partial charge in [0.15, 0.2) is 11.5 Å². The SMILES string of the molecule is CCOc1cc(C(=O)Nc2ccc(SC)cc2)cc(OCC)c1OCC. The van der Waals surface area contributed by atoms with Gasteiger partial charge in [0.1, 0.15) is 0 Å². The lowest BCUT2D eigenvalue weighted by Crippen LogP contribution is -2.13. The highest BCUT2D eigenvalue weighted by Gasteiger charge is 2.18. The number of hydrogen-bond donors (Lipinski definition) is 1. The topological polar surface area (TPSA) is 56.8 Å². The van der Waals surface area contributed by atoms with Crippen molar-refractivity contribution in [2.24, 2.45) is 0 Å². The summed E-state index contributed by atoms with van der Waals surface area (Å²) in [6.07, 6.45) is 2.01. The predicted molar refractivity (Wildman–Crippen MR) is 106 cm³/mol. The van der Waals surface area contributed by atoms with Crippen LogP contribution in [0.25, 0.3) is 0 Å². The zero-order valence-corrected chi connectivity index (χ0v) is 16.4. The second-order valence-electron chi connectivity index (χ2n) is 5.28. The van der Waals surface area contributed by atoms with Gasteiger partial charge < -0.3 is 19.5 Å². The molecule has 0 atom stereocenters. The van der Waals surface area contributed by atoms with Crippen LogP contribution in [0.3, 0.4) is 0 Å². The van der Waals surface area contributed by atoms with Gasteiger partial charge in [-0.3, -0.25) is 4.79 Å². The fourth-order valence-electron chi connectivity index (χ4n) is 2.40. The predicted octanol–water partition coefficient (Wildman–Crippen LogP) is 4.86. The largest absolute Gasteiger partial charge is 0.490 e. The molecule has 0 aliphatic heterocycles. The zero-order valence-electron chi connectivity index (χ0n) is 15.6. The van der Waals surface area contributed by atoms with E-state index in [-0.39, 0.29) is 5.91 Å². The molecule has 0 fully saturated rings. The van der Waals surface area contributed by atoms with Crippen LogP contribution >= 0.6 is 11.8 Å². The van der Waals surface area contributed by atoms with E-state index in [1.54, 1.807) is 23.9 Å². The minimum Gasteiger partial charge on any atom is -0.490 e. The van der Waals surface area contributed by atoms with Gasteiger partial charge in [-0.15, -0.1) is 11.8 Å². The van der Waals surface area contributed by atoms with E-state index in [0.29, 0.717) is 42.6 Å². The molecule has 0 saturated heterocycles. The van der Waals surface area contributed by atoms with E-state index in [2.05, 4.69) is 5.32 Å². The van der Waals surface area contributed by atoms with E-state index in [1.807, 2.05) is 51.3 Å². The molecular formula is C20H25NO4S. The van der Waals surface area contributed by atoms with Crippen LogP contribution in [0.4, 0.5) is 5.69 Å². The van der Waals surface area contributed by atoms with Crippen LogP contribution in [-0.4, -0.2) is 32.0 Å². The van der Waals surface area contributed by atoms with Crippen LogP contribution in [0.1, 0.15) is 31.1 Å². The number of nitrogens with one attached hydrogen (secondary N) is 1. The summed E-state index contributed by atoms with van der Waals surface area (Å²) in [7, 11) is 0. The normalized spacial score (nSPS) is 10.3. The summed E-state index contributed by atoms with van der Waals surface area (Å²) < 4.78 is 17.0. The summed E-state index contributed by atoms with van der Waals surface area (Å²) in [5, 5.41) is 2.90. The number of thioether (sulfide) groups is 1. The van der Waals surface area contributed by atoms with Crippen molar-refractivity contribution in [2.45, 2.75) is 25.7 Å².